The van der Waals surface area contributed by atoms with Crippen LogP contribution in [-0.4, -0.2) is 11.7 Å². The molecule has 0 aromatic rings. The van der Waals surface area contributed by atoms with Crippen LogP contribution in [0, 0.1) is 11.8 Å². The Hall–Kier alpha value is -0.300. The molecule has 1 aliphatic rings. The number of hydrogen-bond donors (Lipinski definition) is 1. The molecule has 2 atom stereocenters. The molecule has 1 N–H and O–H groups in total. The van der Waals surface area contributed by atoms with Crippen LogP contribution in [0.5, 0.6) is 0 Å². The summed E-state index contributed by atoms with van der Waals surface area (Å²) >= 11 is 0. The Labute approximate surface area is 95.6 Å². The Morgan fingerprint density at radius 2 is 1.87 bits per heavy atom. The first-order valence-corrected chi connectivity index (χ1v) is 6.53. The average Bonchev–Trinajstić information content (AvgIpc) is 2.28. The van der Waals surface area contributed by atoms with Gasteiger partial charge >= 0.3 is 0 Å². The molecule has 0 spiro atoms. The first-order chi connectivity index (χ1) is 7.29. The van der Waals surface area contributed by atoms with E-state index < -0.39 is 0 Å². The fourth-order valence-electron chi connectivity index (χ4n) is 2.37. The maximum Gasteiger partial charge on any atom is 0.0402 e. The van der Waals surface area contributed by atoms with E-state index in [2.05, 4.69) is 19.6 Å². The van der Waals surface area contributed by atoms with Gasteiger partial charge in [-0.15, -0.1) is 6.58 Å². The highest BCUT2D eigenvalue weighted by atomic mass is 16.2. The van der Waals surface area contributed by atoms with Crippen molar-refractivity contribution in [2.24, 2.45) is 11.8 Å². The summed E-state index contributed by atoms with van der Waals surface area (Å²) in [6.07, 6.45) is 12.1. The van der Waals surface area contributed by atoms with Gasteiger partial charge < -0.3 is 5.11 Å². The molecule has 90 valence electrons. The van der Waals surface area contributed by atoms with Gasteiger partial charge in [0.1, 0.15) is 0 Å². The van der Waals surface area contributed by atoms with Gasteiger partial charge in [0.15, 0.2) is 0 Å². The Kier molecular flexibility index (Phi) is 10.0. The average molecular weight is 212 g/mol. The second-order valence-corrected chi connectivity index (χ2v) is 4.40. The van der Waals surface area contributed by atoms with Gasteiger partial charge in [0, 0.05) is 6.61 Å². The van der Waals surface area contributed by atoms with Crippen molar-refractivity contribution in [1.82, 2.24) is 0 Å². The largest absolute Gasteiger partial charge is 0.397 e. The first kappa shape index (κ1) is 14.7. The van der Waals surface area contributed by atoms with Crippen LogP contribution in [-0.2, 0) is 0 Å². The molecule has 1 fully saturated rings. The molecule has 0 aromatic carbocycles. The van der Waals surface area contributed by atoms with E-state index in [1.165, 1.54) is 44.9 Å². The zero-order valence-corrected chi connectivity index (χ0v) is 10.5. The molecule has 0 bridgehead atoms. The van der Waals surface area contributed by atoms with Crippen molar-refractivity contribution in [3.05, 3.63) is 12.7 Å². The number of unbranched alkanes of at least 4 members (excludes halogenated alkanes) is 1. The molecule has 0 saturated heterocycles. The third kappa shape index (κ3) is 6.72. The smallest absolute Gasteiger partial charge is 0.0402 e. The van der Waals surface area contributed by atoms with Gasteiger partial charge in [0.2, 0.25) is 0 Å². The van der Waals surface area contributed by atoms with Gasteiger partial charge in [-0.25, -0.2) is 0 Å². The fourth-order valence-corrected chi connectivity index (χ4v) is 2.37. The molecule has 0 radical (unpaired) electrons. The Bertz CT molecular complexity index is 142. The molecular weight excluding hydrogens is 184 g/mol. The molecular formula is C14H28O. The Morgan fingerprint density at radius 1 is 1.27 bits per heavy atom. The summed E-state index contributed by atoms with van der Waals surface area (Å²) in [6.45, 7) is 8.16. The molecule has 15 heavy (non-hydrogen) atoms. The fraction of sp³-hybridized carbons (Fsp3) is 0.857. The van der Waals surface area contributed by atoms with Crippen LogP contribution >= 0.6 is 0 Å². The monoisotopic (exact) mass is 212 g/mol. The summed E-state index contributed by atoms with van der Waals surface area (Å²) in [5, 5.41) is 7.57. The maximum absolute atomic E-state index is 7.57. The molecule has 0 aliphatic heterocycles. The standard InChI is InChI=1S/C12H22.C2H6O/c1-3-5-8-12-10-7-6-9-11(12)4-2;1-2-3/h4,11-12H,2-3,5-10H2,1H3;3H,2H2,1H3. The second kappa shape index (κ2) is 10.2. The lowest BCUT2D eigenvalue weighted by atomic mass is 9.77. The van der Waals surface area contributed by atoms with E-state index in [4.69, 9.17) is 5.11 Å². The lowest BCUT2D eigenvalue weighted by molar-refractivity contribution is 0.263. The van der Waals surface area contributed by atoms with Crippen molar-refractivity contribution in [1.29, 1.82) is 0 Å². The van der Waals surface area contributed by atoms with Crippen LogP contribution in [0.15, 0.2) is 12.7 Å². The molecule has 1 heteroatoms. The van der Waals surface area contributed by atoms with Gasteiger partial charge in [-0.2, -0.15) is 0 Å². The van der Waals surface area contributed by atoms with Gasteiger partial charge in [-0.3, -0.25) is 0 Å². The van der Waals surface area contributed by atoms with Crippen molar-refractivity contribution >= 4 is 0 Å². The molecule has 1 nitrogen and oxygen atoms in total. The number of aliphatic hydroxyl groups excluding tert-OH is 1. The zero-order chi connectivity index (χ0) is 11.5. The molecule has 1 saturated carbocycles. The van der Waals surface area contributed by atoms with E-state index in [0.717, 1.165) is 11.8 Å². The third-order valence-electron chi connectivity index (χ3n) is 3.20. The summed E-state index contributed by atoms with van der Waals surface area (Å²) < 4.78 is 0. The summed E-state index contributed by atoms with van der Waals surface area (Å²) in [4.78, 5) is 0. The Morgan fingerprint density at radius 3 is 2.40 bits per heavy atom. The topological polar surface area (TPSA) is 20.2 Å². The number of aliphatic hydroxyl groups is 1. The normalized spacial score (nSPS) is 25.3. The van der Waals surface area contributed by atoms with Crippen LogP contribution in [0.25, 0.3) is 0 Å². The van der Waals surface area contributed by atoms with E-state index in [1.807, 2.05) is 0 Å². The van der Waals surface area contributed by atoms with E-state index in [0.29, 0.717) is 0 Å². The summed E-state index contributed by atoms with van der Waals surface area (Å²) in [6, 6.07) is 0. The SMILES string of the molecule is C=CC1CCCCC1CCCC.CCO. The van der Waals surface area contributed by atoms with Crippen LogP contribution in [0.1, 0.15) is 58.8 Å². The molecule has 0 amide bonds. The maximum atomic E-state index is 7.57. The van der Waals surface area contributed by atoms with Gasteiger partial charge in [0.25, 0.3) is 0 Å². The predicted molar refractivity (Wildman–Crippen MR) is 67.9 cm³/mol. The number of rotatable bonds is 4. The lowest BCUT2D eigenvalue weighted by Gasteiger charge is -2.29. The lowest BCUT2D eigenvalue weighted by Crippen LogP contribution is -2.17. The first-order valence-electron chi connectivity index (χ1n) is 6.53. The van der Waals surface area contributed by atoms with E-state index in [1.54, 1.807) is 6.92 Å². The van der Waals surface area contributed by atoms with Crippen molar-refractivity contribution in [3.8, 4) is 0 Å². The molecule has 1 aliphatic carbocycles. The summed E-state index contributed by atoms with van der Waals surface area (Å²) in [7, 11) is 0. The van der Waals surface area contributed by atoms with Gasteiger partial charge in [-0.05, 0) is 38.0 Å². The summed E-state index contributed by atoms with van der Waals surface area (Å²) in [5.41, 5.74) is 0. The summed E-state index contributed by atoms with van der Waals surface area (Å²) in [5.74, 6) is 1.81. The van der Waals surface area contributed by atoms with Gasteiger partial charge in [-0.1, -0.05) is 38.7 Å². The van der Waals surface area contributed by atoms with Crippen molar-refractivity contribution in [2.75, 3.05) is 6.61 Å². The van der Waals surface area contributed by atoms with Crippen LogP contribution in [0.3, 0.4) is 0 Å². The highest BCUT2D eigenvalue weighted by Crippen LogP contribution is 2.33. The number of allylic oxidation sites excluding steroid dienone is 1. The Balaban J connectivity index is 0.000000583. The van der Waals surface area contributed by atoms with Crippen LogP contribution in [0.2, 0.25) is 0 Å². The quantitative estimate of drug-likeness (QED) is 0.693. The molecule has 2 unspecified atom stereocenters. The van der Waals surface area contributed by atoms with E-state index in [9.17, 15) is 0 Å². The molecule has 0 heterocycles. The van der Waals surface area contributed by atoms with Crippen molar-refractivity contribution in [2.45, 2.75) is 58.8 Å². The van der Waals surface area contributed by atoms with Crippen molar-refractivity contribution in [3.63, 3.8) is 0 Å². The molecule has 1 rings (SSSR count). The van der Waals surface area contributed by atoms with Crippen LogP contribution in [0.4, 0.5) is 0 Å². The van der Waals surface area contributed by atoms with Crippen molar-refractivity contribution < 1.29 is 5.11 Å². The second-order valence-electron chi connectivity index (χ2n) is 4.40. The predicted octanol–water partition coefficient (Wildman–Crippen LogP) is 4.17. The van der Waals surface area contributed by atoms with Crippen LogP contribution < -0.4 is 0 Å². The highest BCUT2D eigenvalue weighted by molar-refractivity contribution is 4.87. The number of hydrogen-bond acceptors (Lipinski definition) is 1. The highest BCUT2D eigenvalue weighted by Gasteiger charge is 2.21. The van der Waals surface area contributed by atoms with Gasteiger partial charge in [0.05, 0.1) is 0 Å². The minimum atomic E-state index is 0.250. The van der Waals surface area contributed by atoms with E-state index >= 15 is 0 Å². The minimum Gasteiger partial charge on any atom is -0.397 e. The van der Waals surface area contributed by atoms with E-state index in [-0.39, 0.29) is 6.61 Å². The molecule has 0 aromatic heterocycles. The third-order valence-corrected chi connectivity index (χ3v) is 3.20. The minimum absolute atomic E-state index is 0.250. The zero-order valence-electron chi connectivity index (χ0n) is 10.5.